The van der Waals surface area contributed by atoms with Gasteiger partial charge in [0, 0.05) is 6.54 Å². The molecule has 1 aliphatic rings. The molecule has 0 bridgehead atoms. The van der Waals surface area contributed by atoms with Gasteiger partial charge < -0.3 is 15.0 Å². The summed E-state index contributed by atoms with van der Waals surface area (Å²) >= 11 is 0. The normalized spacial score (nSPS) is 26.9. The average molecular weight is 263 g/mol. The van der Waals surface area contributed by atoms with Gasteiger partial charge in [0.2, 0.25) is 0 Å². The third kappa shape index (κ3) is 4.65. The Balaban J connectivity index is 1.75. The van der Waals surface area contributed by atoms with Gasteiger partial charge in [0.25, 0.3) is 5.91 Å². The van der Waals surface area contributed by atoms with Crippen molar-refractivity contribution in [3.63, 3.8) is 0 Å². The van der Waals surface area contributed by atoms with Crippen molar-refractivity contribution >= 4 is 5.91 Å². The zero-order chi connectivity index (χ0) is 13.7. The van der Waals surface area contributed by atoms with Crippen molar-refractivity contribution in [3.8, 4) is 0 Å². The van der Waals surface area contributed by atoms with Crippen LogP contribution in [0.5, 0.6) is 0 Å². The van der Waals surface area contributed by atoms with Gasteiger partial charge in [0.15, 0.2) is 6.54 Å². The Kier molecular flexibility index (Phi) is 4.93. The van der Waals surface area contributed by atoms with Crippen molar-refractivity contribution in [1.29, 1.82) is 0 Å². The maximum atomic E-state index is 11.9. The van der Waals surface area contributed by atoms with E-state index in [2.05, 4.69) is 19.2 Å². The number of morpholine rings is 1. The number of rotatable bonds is 4. The van der Waals surface area contributed by atoms with Crippen LogP contribution in [0.4, 0.5) is 0 Å². The number of hydrogen-bond donors (Lipinski definition) is 2. The van der Waals surface area contributed by atoms with Crippen LogP contribution in [-0.2, 0) is 16.1 Å². The molecule has 1 heterocycles. The summed E-state index contributed by atoms with van der Waals surface area (Å²) in [7, 11) is 0. The lowest BCUT2D eigenvalue weighted by atomic mass is 10.2. The second-order valence-corrected chi connectivity index (χ2v) is 5.35. The van der Waals surface area contributed by atoms with Gasteiger partial charge >= 0.3 is 0 Å². The van der Waals surface area contributed by atoms with Crippen LogP contribution in [-0.4, -0.2) is 37.7 Å². The minimum atomic E-state index is 0.111. The monoisotopic (exact) mass is 263 g/mol. The van der Waals surface area contributed by atoms with E-state index in [-0.39, 0.29) is 18.1 Å². The highest BCUT2D eigenvalue weighted by molar-refractivity contribution is 5.76. The average Bonchev–Trinajstić information content (AvgIpc) is 2.36. The topological polar surface area (TPSA) is 42.8 Å². The minimum absolute atomic E-state index is 0.111. The van der Waals surface area contributed by atoms with Crippen LogP contribution in [0.25, 0.3) is 0 Å². The van der Waals surface area contributed by atoms with Gasteiger partial charge in [-0.1, -0.05) is 30.3 Å². The van der Waals surface area contributed by atoms with Crippen molar-refractivity contribution in [1.82, 2.24) is 5.32 Å². The highest BCUT2D eigenvalue weighted by Gasteiger charge is 2.26. The first-order valence-corrected chi connectivity index (χ1v) is 6.93. The Morgan fingerprint density at radius 3 is 2.53 bits per heavy atom. The van der Waals surface area contributed by atoms with E-state index in [9.17, 15) is 4.79 Å². The summed E-state index contributed by atoms with van der Waals surface area (Å²) in [5, 5.41) is 2.98. The molecule has 1 aliphatic heterocycles. The first kappa shape index (κ1) is 14.0. The summed E-state index contributed by atoms with van der Waals surface area (Å²) in [5.41, 5.74) is 1.13. The highest BCUT2D eigenvalue weighted by atomic mass is 16.5. The van der Waals surface area contributed by atoms with Crippen molar-refractivity contribution in [3.05, 3.63) is 35.9 Å². The number of hydrogen-bond acceptors (Lipinski definition) is 2. The fourth-order valence-electron chi connectivity index (χ4n) is 2.62. The third-order valence-corrected chi connectivity index (χ3v) is 3.36. The molecular formula is C15H23N2O2+. The molecule has 4 heteroatoms. The molecule has 1 saturated heterocycles. The first-order valence-electron chi connectivity index (χ1n) is 6.93. The van der Waals surface area contributed by atoms with Crippen LogP contribution in [0.2, 0.25) is 0 Å². The summed E-state index contributed by atoms with van der Waals surface area (Å²) in [6, 6.07) is 9.99. The zero-order valence-electron chi connectivity index (χ0n) is 11.7. The molecule has 0 radical (unpaired) electrons. The molecule has 1 aromatic carbocycles. The van der Waals surface area contributed by atoms with Crippen molar-refractivity contribution in [2.24, 2.45) is 0 Å². The summed E-state index contributed by atoms with van der Waals surface area (Å²) in [6.45, 7) is 7.08. The predicted octanol–water partition coefficient (Wildman–Crippen LogP) is -0.00510. The zero-order valence-corrected chi connectivity index (χ0v) is 11.7. The van der Waals surface area contributed by atoms with Gasteiger partial charge in [-0.15, -0.1) is 0 Å². The highest BCUT2D eigenvalue weighted by Crippen LogP contribution is 1.98. The molecule has 0 aliphatic carbocycles. The van der Waals surface area contributed by atoms with Crippen molar-refractivity contribution < 1.29 is 14.4 Å². The molecule has 3 atom stereocenters. The van der Waals surface area contributed by atoms with Gasteiger partial charge in [-0.3, -0.25) is 4.79 Å². The lowest BCUT2D eigenvalue weighted by Crippen LogP contribution is -3.16. The minimum Gasteiger partial charge on any atom is -0.364 e. The number of benzene rings is 1. The fraction of sp³-hybridized carbons (Fsp3) is 0.533. The molecule has 4 nitrogen and oxygen atoms in total. The first-order chi connectivity index (χ1) is 9.13. The largest absolute Gasteiger partial charge is 0.364 e. The van der Waals surface area contributed by atoms with Crippen LogP contribution in [0.3, 0.4) is 0 Å². The van der Waals surface area contributed by atoms with Crippen LogP contribution in [0.15, 0.2) is 30.3 Å². The van der Waals surface area contributed by atoms with Crippen LogP contribution < -0.4 is 10.2 Å². The lowest BCUT2D eigenvalue weighted by Gasteiger charge is -2.31. The molecule has 0 spiro atoms. The Bertz CT molecular complexity index is 398. The number of quaternary nitrogens is 1. The number of ether oxygens (including phenoxy) is 1. The smallest absolute Gasteiger partial charge is 0.275 e. The maximum Gasteiger partial charge on any atom is 0.275 e. The SMILES string of the molecule is C[C@@H]1C[NH+](CC(=O)NCc2ccccc2)C[C@H](C)O1. The summed E-state index contributed by atoms with van der Waals surface area (Å²) < 4.78 is 5.67. The third-order valence-electron chi connectivity index (χ3n) is 3.36. The van der Waals surface area contributed by atoms with E-state index < -0.39 is 0 Å². The quantitative estimate of drug-likeness (QED) is 0.803. The maximum absolute atomic E-state index is 11.9. The van der Waals surface area contributed by atoms with Gasteiger partial charge in [0.1, 0.15) is 25.3 Å². The van der Waals surface area contributed by atoms with Gasteiger partial charge in [-0.2, -0.15) is 0 Å². The molecule has 19 heavy (non-hydrogen) atoms. The molecule has 1 fully saturated rings. The molecular weight excluding hydrogens is 240 g/mol. The Labute approximate surface area is 114 Å². The number of nitrogens with one attached hydrogen (secondary N) is 2. The predicted molar refractivity (Wildman–Crippen MR) is 73.9 cm³/mol. The Hall–Kier alpha value is -1.39. The van der Waals surface area contributed by atoms with E-state index in [4.69, 9.17) is 4.74 Å². The van der Waals surface area contributed by atoms with E-state index >= 15 is 0 Å². The Morgan fingerprint density at radius 2 is 1.89 bits per heavy atom. The van der Waals surface area contributed by atoms with Crippen molar-refractivity contribution in [2.45, 2.75) is 32.6 Å². The summed E-state index contributed by atoms with van der Waals surface area (Å²) in [6.07, 6.45) is 0.473. The summed E-state index contributed by atoms with van der Waals surface area (Å²) in [5.74, 6) is 0.111. The van der Waals surface area contributed by atoms with Gasteiger partial charge in [-0.25, -0.2) is 0 Å². The molecule has 0 saturated carbocycles. The molecule has 0 aromatic heterocycles. The van der Waals surface area contributed by atoms with Crippen molar-refractivity contribution in [2.75, 3.05) is 19.6 Å². The molecule has 2 N–H and O–H groups in total. The number of carbonyl (C=O) groups is 1. The standard InChI is InChI=1S/C15H22N2O2/c1-12-9-17(10-13(2)19-12)11-15(18)16-8-14-6-4-3-5-7-14/h3-7,12-13H,8-11H2,1-2H3,(H,16,18)/p+1/t12-,13+. The molecule has 2 rings (SSSR count). The fourth-order valence-corrected chi connectivity index (χ4v) is 2.62. The van der Waals surface area contributed by atoms with E-state index in [0.29, 0.717) is 13.1 Å². The van der Waals surface area contributed by atoms with Crippen LogP contribution in [0, 0.1) is 0 Å². The van der Waals surface area contributed by atoms with E-state index in [1.807, 2.05) is 30.3 Å². The number of amides is 1. The summed E-state index contributed by atoms with van der Waals surface area (Å²) in [4.78, 5) is 13.2. The van der Waals surface area contributed by atoms with E-state index in [1.54, 1.807) is 0 Å². The lowest BCUT2D eigenvalue weighted by molar-refractivity contribution is -0.907. The second-order valence-electron chi connectivity index (χ2n) is 5.35. The molecule has 1 aromatic rings. The van der Waals surface area contributed by atoms with Gasteiger partial charge in [-0.05, 0) is 19.4 Å². The van der Waals surface area contributed by atoms with Gasteiger partial charge in [0.05, 0.1) is 0 Å². The molecule has 104 valence electrons. The van der Waals surface area contributed by atoms with E-state index in [1.165, 1.54) is 4.90 Å². The van der Waals surface area contributed by atoms with E-state index in [0.717, 1.165) is 18.7 Å². The molecule has 1 unspecified atom stereocenters. The van der Waals surface area contributed by atoms with Crippen LogP contribution >= 0.6 is 0 Å². The molecule has 1 amide bonds. The second kappa shape index (κ2) is 6.68. The number of carbonyl (C=O) groups excluding carboxylic acids is 1. The Morgan fingerprint density at radius 1 is 1.26 bits per heavy atom. The van der Waals surface area contributed by atoms with Crippen LogP contribution in [0.1, 0.15) is 19.4 Å².